The zero-order valence-electron chi connectivity index (χ0n) is 10.6. The molecule has 0 fully saturated rings. The summed E-state index contributed by atoms with van der Waals surface area (Å²) < 4.78 is 0. The summed E-state index contributed by atoms with van der Waals surface area (Å²) in [6, 6.07) is 21.2. The Balaban J connectivity index is 1.44. The maximum Gasteiger partial charge on any atom is 0.0297 e. The molecule has 0 saturated heterocycles. The summed E-state index contributed by atoms with van der Waals surface area (Å²) in [5, 5.41) is 0. The quantitative estimate of drug-likeness (QED) is 0.330. The van der Waals surface area contributed by atoms with Gasteiger partial charge in [-0.25, -0.2) is 0 Å². The van der Waals surface area contributed by atoms with E-state index in [0.29, 0.717) is 0 Å². The van der Waals surface area contributed by atoms with Crippen molar-refractivity contribution in [3.63, 3.8) is 0 Å². The molecule has 106 valence electrons. The fraction of sp³-hybridized carbons (Fsp3) is 0.143. The summed E-state index contributed by atoms with van der Waals surface area (Å²) in [4.78, 5) is 0. The second-order valence-electron chi connectivity index (χ2n) is 3.77. The Morgan fingerprint density at radius 3 is 1.30 bits per heavy atom. The lowest BCUT2D eigenvalue weighted by Gasteiger charge is -2.01. The maximum absolute atomic E-state index is 2.18. The second kappa shape index (κ2) is 11.2. The van der Waals surface area contributed by atoms with Crippen LogP contribution in [0.25, 0.3) is 0 Å². The Kier molecular flexibility index (Phi) is 9.43. The first-order chi connectivity index (χ1) is 9.95. The third-order valence-corrected chi connectivity index (χ3v) is 13.1. The Morgan fingerprint density at radius 2 is 0.900 bits per heavy atom. The van der Waals surface area contributed by atoms with Crippen molar-refractivity contribution >= 4 is 60.9 Å². The van der Waals surface area contributed by atoms with E-state index in [1.54, 1.807) is 0 Å². The van der Waals surface area contributed by atoms with Crippen LogP contribution in [0.4, 0.5) is 0 Å². The molecule has 0 aromatic heterocycles. The minimum Gasteiger partial charge on any atom is -0.0769 e. The predicted octanol–water partition coefficient (Wildman–Crippen LogP) is 7.36. The number of rotatable bonds is 9. The predicted molar refractivity (Wildman–Crippen MR) is 106 cm³/mol. The molecule has 2 aromatic carbocycles. The van der Waals surface area contributed by atoms with E-state index >= 15 is 0 Å². The minimum atomic E-state index is 1.07. The number of hydrogen-bond donors (Lipinski definition) is 0. The van der Waals surface area contributed by atoms with Gasteiger partial charge in [-0.15, -0.1) is 0 Å². The van der Waals surface area contributed by atoms with Crippen LogP contribution in [0.1, 0.15) is 11.1 Å². The van der Waals surface area contributed by atoms with Gasteiger partial charge in [-0.2, -0.15) is 0 Å². The van der Waals surface area contributed by atoms with E-state index < -0.39 is 0 Å². The molecule has 0 saturated carbocycles. The molecule has 0 aliphatic carbocycles. The largest absolute Gasteiger partial charge is 0.0769 e. The lowest BCUT2D eigenvalue weighted by atomic mass is 10.2. The van der Waals surface area contributed by atoms with Crippen molar-refractivity contribution in [3.05, 3.63) is 71.8 Å². The van der Waals surface area contributed by atoms with Gasteiger partial charge in [0.15, 0.2) is 0 Å². The highest BCUT2D eigenvalue weighted by atomic mass is 33.9. The molecule has 0 N–H and O–H groups in total. The van der Waals surface area contributed by atoms with Crippen molar-refractivity contribution in [1.29, 1.82) is 0 Å². The van der Waals surface area contributed by atoms with E-state index in [1.165, 1.54) is 11.1 Å². The fourth-order valence-corrected chi connectivity index (χ4v) is 12.8. The summed E-state index contributed by atoms with van der Waals surface area (Å²) >= 11 is 0. The van der Waals surface area contributed by atoms with Gasteiger partial charge in [0.05, 0.1) is 0 Å². The molecule has 0 bridgehead atoms. The Morgan fingerprint density at radius 1 is 0.500 bits per heavy atom. The second-order valence-corrected chi connectivity index (χ2v) is 13.3. The average molecular weight is 375 g/mol. The molecule has 0 radical (unpaired) electrons. The van der Waals surface area contributed by atoms with Gasteiger partial charge in [-0.1, -0.05) is 82.3 Å². The van der Waals surface area contributed by atoms with Gasteiger partial charge in [0, 0.05) is 11.5 Å². The Hall–Kier alpha value is 0.540. The van der Waals surface area contributed by atoms with E-state index in [2.05, 4.69) is 60.7 Å². The van der Waals surface area contributed by atoms with Crippen molar-refractivity contribution in [2.45, 2.75) is 11.5 Å². The van der Waals surface area contributed by atoms with Gasteiger partial charge >= 0.3 is 0 Å². The highest BCUT2D eigenvalue weighted by Gasteiger charge is 1.97. The van der Waals surface area contributed by atoms with Gasteiger partial charge in [0.1, 0.15) is 0 Å². The summed E-state index contributed by atoms with van der Waals surface area (Å²) in [5.41, 5.74) is 2.78. The van der Waals surface area contributed by atoms with Crippen LogP contribution in [0, 0.1) is 0 Å². The number of benzene rings is 2. The molecule has 0 nitrogen and oxygen atoms in total. The zero-order chi connectivity index (χ0) is 13.9. The van der Waals surface area contributed by atoms with Crippen LogP contribution in [0.15, 0.2) is 60.7 Å². The van der Waals surface area contributed by atoms with Gasteiger partial charge in [0.2, 0.25) is 0 Å². The van der Waals surface area contributed by atoms with E-state index in [9.17, 15) is 0 Å². The number of hydrogen-bond acceptors (Lipinski definition) is 6. The molecule has 0 aliphatic heterocycles. The highest BCUT2D eigenvalue weighted by molar-refractivity contribution is 9.41. The first-order valence-electron chi connectivity index (χ1n) is 5.94. The molecule has 2 rings (SSSR count). The van der Waals surface area contributed by atoms with Crippen LogP contribution in [0.2, 0.25) is 0 Å². The van der Waals surface area contributed by atoms with Crippen LogP contribution < -0.4 is 0 Å². The average Bonchev–Trinajstić information content (AvgIpc) is 2.52. The fourth-order valence-electron chi connectivity index (χ4n) is 1.39. The maximum atomic E-state index is 2.18. The normalized spacial score (nSPS) is 10.6. The summed E-state index contributed by atoms with van der Waals surface area (Å²) in [7, 11) is 11.2. The summed E-state index contributed by atoms with van der Waals surface area (Å²) in [5.74, 6) is 2.14. The molecular formula is C14H14S6. The van der Waals surface area contributed by atoms with Gasteiger partial charge in [-0.05, 0) is 50.4 Å². The van der Waals surface area contributed by atoms with Gasteiger partial charge in [-0.3, -0.25) is 0 Å². The smallest absolute Gasteiger partial charge is 0.0297 e. The Labute approximate surface area is 143 Å². The molecule has 20 heavy (non-hydrogen) atoms. The van der Waals surface area contributed by atoms with Crippen LogP contribution in [-0.4, -0.2) is 0 Å². The molecule has 0 spiro atoms. The van der Waals surface area contributed by atoms with Crippen molar-refractivity contribution in [2.24, 2.45) is 0 Å². The molecule has 0 unspecified atom stereocenters. The lowest BCUT2D eigenvalue weighted by molar-refractivity contribution is 1.43. The van der Waals surface area contributed by atoms with E-state index in [1.807, 2.05) is 60.9 Å². The minimum absolute atomic E-state index is 1.07. The summed E-state index contributed by atoms with van der Waals surface area (Å²) in [6.45, 7) is 0. The third-order valence-electron chi connectivity index (χ3n) is 2.32. The molecule has 6 heteroatoms. The molecule has 0 amide bonds. The lowest BCUT2D eigenvalue weighted by Crippen LogP contribution is -1.74. The Bertz CT molecular complexity index is 416. The van der Waals surface area contributed by atoms with Crippen LogP contribution in [-0.2, 0) is 11.5 Å². The monoisotopic (exact) mass is 374 g/mol. The van der Waals surface area contributed by atoms with E-state index in [0.717, 1.165) is 11.5 Å². The van der Waals surface area contributed by atoms with Gasteiger partial charge < -0.3 is 0 Å². The molecular weight excluding hydrogens is 361 g/mol. The van der Waals surface area contributed by atoms with Crippen molar-refractivity contribution < 1.29 is 0 Å². The standard InChI is InChI=1S/C14H14S6/c1-3-7-13(8-4-1)11-15-17-19-20-18-16-12-14-9-5-2-6-10-14/h1-10H,11-12H2. The van der Waals surface area contributed by atoms with E-state index in [-0.39, 0.29) is 0 Å². The van der Waals surface area contributed by atoms with Crippen LogP contribution in [0.3, 0.4) is 0 Å². The van der Waals surface area contributed by atoms with Crippen molar-refractivity contribution in [2.75, 3.05) is 0 Å². The molecule has 0 heterocycles. The zero-order valence-corrected chi connectivity index (χ0v) is 15.5. The highest BCUT2D eigenvalue weighted by Crippen LogP contribution is 2.53. The van der Waals surface area contributed by atoms with Crippen molar-refractivity contribution in [3.8, 4) is 0 Å². The van der Waals surface area contributed by atoms with E-state index in [4.69, 9.17) is 0 Å². The third kappa shape index (κ3) is 7.52. The van der Waals surface area contributed by atoms with Crippen molar-refractivity contribution in [1.82, 2.24) is 0 Å². The molecule has 0 aliphatic rings. The molecule has 2 aromatic rings. The molecule has 0 atom stereocenters. The first kappa shape index (κ1) is 16.9. The van der Waals surface area contributed by atoms with Crippen LogP contribution in [0.5, 0.6) is 0 Å². The van der Waals surface area contributed by atoms with Crippen LogP contribution >= 0.6 is 60.9 Å². The SMILES string of the molecule is c1ccc(CSSSSSSCc2ccccc2)cc1. The topological polar surface area (TPSA) is 0 Å². The first-order valence-corrected chi connectivity index (χ1v) is 13.8. The van der Waals surface area contributed by atoms with Gasteiger partial charge in [0.25, 0.3) is 0 Å². The summed E-state index contributed by atoms with van der Waals surface area (Å²) in [6.07, 6.45) is 0.